The van der Waals surface area contributed by atoms with Crippen molar-refractivity contribution in [2.45, 2.75) is 44.3 Å². The molecule has 8 nitrogen and oxygen atoms in total. The van der Waals surface area contributed by atoms with Gasteiger partial charge in [0, 0.05) is 19.6 Å². The molecule has 0 radical (unpaired) electrons. The number of benzene rings is 1. The fraction of sp³-hybridized carbons (Fsp3) is 0.611. The zero-order valence-electron chi connectivity index (χ0n) is 15.2. The number of aliphatic hydroxyl groups excluding tert-OH is 5. The molecule has 1 rings (SSSR count). The van der Waals surface area contributed by atoms with Gasteiger partial charge in [0.25, 0.3) is 0 Å². The Hall–Kier alpha value is -1.55. The number of hydrogen-bond acceptors (Lipinski definition) is 7. The molecule has 1 amide bonds. The molecular weight excluding hydrogens is 340 g/mol. The van der Waals surface area contributed by atoms with Gasteiger partial charge < -0.3 is 30.8 Å². The maximum Gasteiger partial charge on any atom is 0.224 e. The van der Waals surface area contributed by atoms with Crippen LogP contribution in [-0.4, -0.2) is 87.5 Å². The quantitative estimate of drug-likeness (QED) is 0.272. The van der Waals surface area contributed by atoms with Gasteiger partial charge in [0.15, 0.2) is 0 Å². The minimum absolute atomic E-state index is 0.0295. The Balaban J connectivity index is 2.51. The van der Waals surface area contributed by atoms with Crippen molar-refractivity contribution in [3.8, 4) is 0 Å². The Morgan fingerprint density at radius 3 is 2.12 bits per heavy atom. The summed E-state index contributed by atoms with van der Waals surface area (Å²) in [6, 6.07) is 7.51. The van der Waals surface area contributed by atoms with Gasteiger partial charge in [-0.15, -0.1) is 0 Å². The van der Waals surface area contributed by atoms with Crippen molar-refractivity contribution >= 4 is 5.91 Å². The highest BCUT2D eigenvalue weighted by molar-refractivity contribution is 5.78. The number of likely N-dealkylation sites (N-methyl/N-ethyl adjacent to an activating group) is 2. The van der Waals surface area contributed by atoms with Crippen LogP contribution in [0.15, 0.2) is 24.3 Å². The van der Waals surface area contributed by atoms with Crippen LogP contribution >= 0.6 is 0 Å². The molecule has 0 aromatic heterocycles. The molecule has 4 atom stereocenters. The van der Waals surface area contributed by atoms with E-state index in [1.807, 2.05) is 31.2 Å². The first kappa shape index (κ1) is 22.5. The molecule has 0 heterocycles. The summed E-state index contributed by atoms with van der Waals surface area (Å²) in [4.78, 5) is 13.3. The number of rotatable bonds is 11. The number of carbonyl (C=O) groups excluding carboxylic acids is 1. The zero-order chi connectivity index (χ0) is 19.7. The smallest absolute Gasteiger partial charge is 0.224 e. The summed E-state index contributed by atoms with van der Waals surface area (Å²) >= 11 is 0. The molecule has 0 unspecified atom stereocenters. The summed E-state index contributed by atoms with van der Waals surface area (Å²) < 4.78 is 0. The average molecular weight is 370 g/mol. The largest absolute Gasteiger partial charge is 0.394 e. The van der Waals surface area contributed by atoms with E-state index in [9.17, 15) is 25.2 Å². The second-order valence-electron chi connectivity index (χ2n) is 6.44. The van der Waals surface area contributed by atoms with Crippen LogP contribution in [0.25, 0.3) is 0 Å². The first-order valence-corrected chi connectivity index (χ1v) is 8.64. The summed E-state index contributed by atoms with van der Waals surface area (Å²) in [5, 5.41) is 50.3. The van der Waals surface area contributed by atoms with Crippen LogP contribution in [0.1, 0.15) is 18.1 Å². The van der Waals surface area contributed by atoms with Crippen LogP contribution in [0, 0.1) is 0 Å². The second-order valence-corrected chi connectivity index (χ2v) is 6.44. The fourth-order valence-corrected chi connectivity index (χ4v) is 2.57. The first-order chi connectivity index (χ1) is 12.3. The van der Waals surface area contributed by atoms with Crippen molar-refractivity contribution in [3.05, 3.63) is 35.4 Å². The normalized spacial score (nSPS) is 16.2. The molecule has 0 spiro atoms. The van der Waals surface area contributed by atoms with E-state index in [2.05, 4.69) is 5.32 Å². The van der Waals surface area contributed by atoms with Gasteiger partial charge in [0.05, 0.1) is 19.1 Å². The van der Waals surface area contributed by atoms with Crippen LogP contribution < -0.4 is 5.32 Å². The van der Waals surface area contributed by atoms with Gasteiger partial charge in [-0.05, 0) is 25.1 Å². The Labute approximate surface area is 153 Å². The Bertz CT molecular complexity index is 539. The van der Waals surface area contributed by atoms with Gasteiger partial charge in [-0.2, -0.15) is 0 Å². The van der Waals surface area contributed by atoms with Crippen LogP contribution in [-0.2, 0) is 17.8 Å². The van der Waals surface area contributed by atoms with E-state index in [0.29, 0.717) is 19.5 Å². The maximum atomic E-state index is 11.6. The number of nitrogens with one attached hydrogen (secondary N) is 1. The first-order valence-electron chi connectivity index (χ1n) is 8.64. The van der Waals surface area contributed by atoms with E-state index in [4.69, 9.17) is 5.11 Å². The third-order valence-electron chi connectivity index (χ3n) is 4.04. The summed E-state index contributed by atoms with van der Waals surface area (Å²) in [5.41, 5.74) is 1.86. The number of aliphatic hydroxyl groups is 5. The lowest BCUT2D eigenvalue weighted by Gasteiger charge is -2.28. The number of carbonyl (C=O) groups is 1. The number of nitrogens with zero attached hydrogens (tertiary/aromatic N) is 1. The molecule has 1 aromatic rings. The van der Waals surface area contributed by atoms with E-state index >= 15 is 0 Å². The van der Waals surface area contributed by atoms with Crippen molar-refractivity contribution in [3.63, 3.8) is 0 Å². The Morgan fingerprint density at radius 1 is 1.04 bits per heavy atom. The van der Waals surface area contributed by atoms with Crippen molar-refractivity contribution in [2.75, 3.05) is 26.7 Å². The second kappa shape index (κ2) is 11.2. The summed E-state index contributed by atoms with van der Waals surface area (Å²) in [6.45, 7) is 2.32. The Morgan fingerprint density at radius 2 is 1.58 bits per heavy atom. The minimum Gasteiger partial charge on any atom is -0.394 e. The van der Waals surface area contributed by atoms with E-state index < -0.39 is 31.0 Å². The van der Waals surface area contributed by atoms with Crippen molar-refractivity contribution < 1.29 is 30.3 Å². The minimum atomic E-state index is -1.63. The van der Waals surface area contributed by atoms with Gasteiger partial charge in [-0.3, -0.25) is 9.69 Å². The Kier molecular flexibility index (Phi) is 9.71. The standard InChI is InChI=1S/C18H30N2O6/c1-3-19-16(24)8-12-4-6-13(7-5-12)9-20(2)10-14(22)17(25)18(26)15(23)11-21/h4-7,14-15,17-18,21-23,25-26H,3,8-11H2,1-2H3,(H,19,24)/t14-,15+,17+,18+/m0/s1. The molecule has 0 aliphatic heterocycles. The highest BCUT2D eigenvalue weighted by atomic mass is 16.4. The van der Waals surface area contributed by atoms with Gasteiger partial charge in [0.2, 0.25) is 5.91 Å². The molecular formula is C18H30N2O6. The predicted molar refractivity (Wildman–Crippen MR) is 96.3 cm³/mol. The zero-order valence-corrected chi connectivity index (χ0v) is 15.2. The molecule has 26 heavy (non-hydrogen) atoms. The van der Waals surface area contributed by atoms with Gasteiger partial charge in [-0.25, -0.2) is 0 Å². The van der Waals surface area contributed by atoms with Gasteiger partial charge in [-0.1, -0.05) is 24.3 Å². The van der Waals surface area contributed by atoms with Crippen molar-refractivity contribution in [1.29, 1.82) is 0 Å². The summed E-state index contributed by atoms with van der Waals surface area (Å²) in [5.74, 6) is -0.0295. The molecule has 0 fully saturated rings. The van der Waals surface area contributed by atoms with Gasteiger partial charge >= 0.3 is 0 Å². The molecule has 1 aromatic carbocycles. The summed E-state index contributed by atoms with van der Waals surface area (Å²) in [6.07, 6.45) is -5.67. The third-order valence-corrected chi connectivity index (χ3v) is 4.04. The van der Waals surface area contributed by atoms with Crippen molar-refractivity contribution in [1.82, 2.24) is 10.2 Å². The van der Waals surface area contributed by atoms with Crippen LogP contribution in [0.3, 0.4) is 0 Å². The lowest BCUT2D eigenvalue weighted by atomic mass is 10.0. The predicted octanol–water partition coefficient (Wildman–Crippen LogP) is -1.77. The molecule has 6 N–H and O–H groups in total. The molecule has 0 bridgehead atoms. The highest BCUT2D eigenvalue weighted by Gasteiger charge is 2.30. The number of hydrogen-bond donors (Lipinski definition) is 6. The monoisotopic (exact) mass is 370 g/mol. The molecule has 0 aliphatic rings. The van der Waals surface area contributed by atoms with Crippen LogP contribution in [0.5, 0.6) is 0 Å². The fourth-order valence-electron chi connectivity index (χ4n) is 2.57. The van der Waals surface area contributed by atoms with Crippen LogP contribution in [0.2, 0.25) is 0 Å². The van der Waals surface area contributed by atoms with Crippen molar-refractivity contribution in [2.24, 2.45) is 0 Å². The lowest BCUT2D eigenvalue weighted by molar-refractivity contribution is -0.120. The van der Waals surface area contributed by atoms with E-state index in [1.54, 1.807) is 11.9 Å². The van der Waals surface area contributed by atoms with Gasteiger partial charge in [0.1, 0.15) is 18.3 Å². The number of amides is 1. The molecule has 8 heteroatoms. The van der Waals surface area contributed by atoms with E-state index in [0.717, 1.165) is 11.1 Å². The third kappa shape index (κ3) is 7.36. The van der Waals surface area contributed by atoms with E-state index in [-0.39, 0.29) is 12.5 Å². The maximum absolute atomic E-state index is 11.6. The molecule has 0 aliphatic carbocycles. The molecule has 0 saturated heterocycles. The molecule has 0 saturated carbocycles. The topological polar surface area (TPSA) is 133 Å². The highest BCUT2D eigenvalue weighted by Crippen LogP contribution is 2.10. The lowest BCUT2D eigenvalue weighted by Crippen LogP contribution is -2.49. The van der Waals surface area contributed by atoms with E-state index in [1.165, 1.54) is 0 Å². The summed E-state index contributed by atoms with van der Waals surface area (Å²) in [7, 11) is 1.74. The SMILES string of the molecule is CCNC(=O)Cc1ccc(CN(C)C[C@H](O)[C@@H](O)[C@H](O)[C@H](O)CO)cc1. The molecule has 148 valence electrons. The van der Waals surface area contributed by atoms with Crippen LogP contribution in [0.4, 0.5) is 0 Å². The average Bonchev–Trinajstić information content (AvgIpc) is 2.61.